The van der Waals surface area contributed by atoms with Crippen molar-refractivity contribution < 1.29 is 0 Å². The largest absolute Gasteiger partial charge is 0.384 e. The molecule has 0 aromatic carbocycles. The van der Waals surface area contributed by atoms with Gasteiger partial charge in [0, 0.05) is 11.8 Å². The zero-order chi connectivity index (χ0) is 11.5. The van der Waals surface area contributed by atoms with E-state index in [2.05, 4.69) is 20.2 Å². The molecule has 0 saturated carbocycles. The van der Waals surface area contributed by atoms with E-state index in [-0.39, 0.29) is 0 Å². The Hall–Kier alpha value is -1.21. The number of thioether (sulfide) groups is 1. The van der Waals surface area contributed by atoms with Crippen LogP contribution in [0.1, 0.15) is 16.5 Å². The highest BCUT2D eigenvalue weighted by Gasteiger charge is 2.05. The maximum atomic E-state index is 5.65. The van der Waals surface area contributed by atoms with Crippen LogP contribution in [0.2, 0.25) is 0 Å². The molecule has 5 nitrogen and oxygen atoms in total. The van der Waals surface area contributed by atoms with E-state index in [1.807, 2.05) is 13.8 Å². The predicted octanol–water partition coefficient (Wildman–Crippen LogP) is 1.82. The maximum Gasteiger partial charge on any atom is 0.174 e. The summed E-state index contributed by atoms with van der Waals surface area (Å²) in [7, 11) is 0. The number of aryl methyl sites for hydroxylation is 2. The van der Waals surface area contributed by atoms with Crippen molar-refractivity contribution in [1.29, 1.82) is 0 Å². The quantitative estimate of drug-likeness (QED) is 0.841. The first kappa shape index (κ1) is 11.3. The number of nitrogens with zero attached hydrogens (tertiary/aromatic N) is 4. The summed E-state index contributed by atoms with van der Waals surface area (Å²) in [5.74, 6) is 1.91. The van der Waals surface area contributed by atoms with Crippen molar-refractivity contribution in [3.05, 3.63) is 22.6 Å². The fraction of sp³-hybridized carbons (Fsp3) is 0.333. The average molecular weight is 253 g/mol. The first-order valence-corrected chi connectivity index (χ1v) is 6.46. The molecule has 16 heavy (non-hydrogen) atoms. The molecule has 0 unspecified atom stereocenters. The number of nitrogens with two attached hydrogens (primary N) is 1. The van der Waals surface area contributed by atoms with Gasteiger partial charge in [0.15, 0.2) is 4.34 Å². The summed E-state index contributed by atoms with van der Waals surface area (Å²) in [4.78, 5) is 8.46. The van der Waals surface area contributed by atoms with Crippen LogP contribution >= 0.6 is 23.1 Å². The van der Waals surface area contributed by atoms with Crippen molar-refractivity contribution in [2.24, 2.45) is 0 Å². The second-order valence-electron chi connectivity index (χ2n) is 3.23. The smallest absolute Gasteiger partial charge is 0.174 e. The van der Waals surface area contributed by atoms with Gasteiger partial charge >= 0.3 is 0 Å². The Morgan fingerprint density at radius 3 is 2.75 bits per heavy atom. The van der Waals surface area contributed by atoms with Crippen molar-refractivity contribution >= 4 is 28.9 Å². The minimum absolute atomic E-state index is 0.511. The van der Waals surface area contributed by atoms with Gasteiger partial charge in [-0.2, -0.15) is 0 Å². The van der Waals surface area contributed by atoms with E-state index in [9.17, 15) is 0 Å². The molecule has 0 saturated heterocycles. The van der Waals surface area contributed by atoms with E-state index in [0.717, 1.165) is 20.9 Å². The summed E-state index contributed by atoms with van der Waals surface area (Å²) in [6.07, 6.45) is 0. The zero-order valence-electron chi connectivity index (χ0n) is 8.97. The van der Waals surface area contributed by atoms with Gasteiger partial charge in [0.25, 0.3) is 0 Å². The Bertz CT molecular complexity index is 476. The number of anilines is 1. The lowest BCUT2D eigenvalue weighted by Crippen LogP contribution is -1.99. The van der Waals surface area contributed by atoms with Gasteiger partial charge in [-0.1, -0.05) is 23.1 Å². The summed E-state index contributed by atoms with van der Waals surface area (Å²) >= 11 is 3.15. The minimum Gasteiger partial charge on any atom is -0.384 e. The molecule has 2 N–H and O–H groups in total. The molecule has 0 aliphatic rings. The fourth-order valence-electron chi connectivity index (χ4n) is 1.18. The van der Waals surface area contributed by atoms with E-state index >= 15 is 0 Å². The van der Waals surface area contributed by atoms with Crippen LogP contribution in [0.5, 0.6) is 0 Å². The van der Waals surface area contributed by atoms with Crippen LogP contribution in [0, 0.1) is 13.8 Å². The van der Waals surface area contributed by atoms with Crippen molar-refractivity contribution in [1.82, 2.24) is 20.2 Å². The highest BCUT2D eigenvalue weighted by atomic mass is 32.2. The van der Waals surface area contributed by atoms with Crippen LogP contribution in [0.4, 0.5) is 5.82 Å². The zero-order valence-corrected chi connectivity index (χ0v) is 10.6. The molecule has 0 aliphatic heterocycles. The van der Waals surface area contributed by atoms with E-state index < -0.39 is 0 Å². The molecule has 84 valence electrons. The lowest BCUT2D eigenvalue weighted by Gasteiger charge is -2.00. The van der Waals surface area contributed by atoms with Crippen molar-refractivity contribution in [2.75, 3.05) is 5.73 Å². The van der Waals surface area contributed by atoms with Crippen LogP contribution in [-0.2, 0) is 5.75 Å². The van der Waals surface area contributed by atoms with Crippen molar-refractivity contribution in [3.8, 4) is 0 Å². The van der Waals surface area contributed by atoms with Crippen LogP contribution in [0.15, 0.2) is 10.4 Å². The first-order chi connectivity index (χ1) is 7.63. The average Bonchev–Trinajstić information content (AvgIpc) is 2.60. The molecule has 7 heteroatoms. The highest BCUT2D eigenvalue weighted by Crippen LogP contribution is 2.24. The summed E-state index contributed by atoms with van der Waals surface area (Å²) < 4.78 is 0.932. The molecule has 0 spiro atoms. The second kappa shape index (κ2) is 4.75. The summed E-state index contributed by atoms with van der Waals surface area (Å²) in [5.41, 5.74) is 6.53. The SMILES string of the molecule is Cc1cc(N)nc(CSc2nnc(C)s2)n1. The van der Waals surface area contributed by atoms with E-state index in [0.29, 0.717) is 11.6 Å². The summed E-state index contributed by atoms with van der Waals surface area (Å²) in [6, 6.07) is 1.75. The van der Waals surface area contributed by atoms with Gasteiger partial charge in [0.1, 0.15) is 16.6 Å². The fourth-order valence-corrected chi connectivity index (χ4v) is 2.85. The topological polar surface area (TPSA) is 77.6 Å². The van der Waals surface area contributed by atoms with Crippen molar-refractivity contribution in [2.45, 2.75) is 23.9 Å². The molecule has 0 fully saturated rings. The number of rotatable bonds is 3. The van der Waals surface area contributed by atoms with Crippen LogP contribution in [0.25, 0.3) is 0 Å². The minimum atomic E-state index is 0.511. The summed E-state index contributed by atoms with van der Waals surface area (Å²) in [6.45, 7) is 3.84. The monoisotopic (exact) mass is 253 g/mol. The number of hydrogen-bond donors (Lipinski definition) is 1. The van der Waals surface area contributed by atoms with Crippen molar-refractivity contribution in [3.63, 3.8) is 0 Å². The first-order valence-electron chi connectivity index (χ1n) is 4.66. The Morgan fingerprint density at radius 2 is 2.12 bits per heavy atom. The molecular weight excluding hydrogens is 242 g/mol. The van der Waals surface area contributed by atoms with Crippen LogP contribution in [-0.4, -0.2) is 20.2 Å². The third-order valence-electron chi connectivity index (χ3n) is 1.75. The third kappa shape index (κ3) is 2.89. The molecule has 2 aromatic heterocycles. The number of nitrogen functional groups attached to an aromatic ring is 1. The predicted molar refractivity (Wildman–Crippen MR) is 65.4 cm³/mol. The molecule has 2 rings (SSSR count). The molecule has 2 aromatic rings. The normalized spacial score (nSPS) is 10.6. The molecule has 2 heterocycles. The lowest BCUT2D eigenvalue weighted by atomic mass is 10.4. The van der Waals surface area contributed by atoms with E-state index in [1.54, 1.807) is 29.2 Å². The van der Waals surface area contributed by atoms with Gasteiger partial charge in [-0.25, -0.2) is 9.97 Å². The Morgan fingerprint density at radius 1 is 1.31 bits per heavy atom. The maximum absolute atomic E-state index is 5.65. The number of aromatic nitrogens is 4. The van der Waals surface area contributed by atoms with Gasteiger partial charge in [0.2, 0.25) is 0 Å². The molecule has 0 radical (unpaired) electrons. The van der Waals surface area contributed by atoms with E-state index in [4.69, 9.17) is 5.73 Å². The lowest BCUT2D eigenvalue weighted by molar-refractivity contribution is 0.974. The van der Waals surface area contributed by atoms with Crippen LogP contribution < -0.4 is 5.73 Å². The second-order valence-corrected chi connectivity index (χ2v) is 5.63. The van der Waals surface area contributed by atoms with Gasteiger partial charge in [-0.15, -0.1) is 10.2 Å². The molecular formula is C9H11N5S2. The van der Waals surface area contributed by atoms with E-state index in [1.165, 1.54) is 0 Å². The molecule has 0 atom stereocenters. The van der Waals surface area contributed by atoms with Gasteiger partial charge < -0.3 is 5.73 Å². The Labute approximate surface area is 102 Å². The highest BCUT2D eigenvalue weighted by molar-refractivity contribution is 8.00. The number of hydrogen-bond acceptors (Lipinski definition) is 7. The Kier molecular flexibility index (Phi) is 3.35. The van der Waals surface area contributed by atoms with Crippen LogP contribution in [0.3, 0.4) is 0 Å². The third-order valence-corrected chi connectivity index (χ3v) is 3.72. The van der Waals surface area contributed by atoms with Gasteiger partial charge in [-0.05, 0) is 13.8 Å². The summed E-state index contributed by atoms with van der Waals surface area (Å²) in [5, 5.41) is 8.93. The van der Waals surface area contributed by atoms with Gasteiger partial charge in [-0.3, -0.25) is 0 Å². The van der Waals surface area contributed by atoms with Gasteiger partial charge in [0.05, 0.1) is 5.75 Å². The molecule has 0 aliphatic carbocycles. The molecule has 0 amide bonds. The molecule has 0 bridgehead atoms. The standard InChI is InChI=1S/C9H11N5S2/c1-5-3-7(10)12-8(11-5)4-15-9-14-13-6(2)16-9/h3H,4H2,1-2H3,(H2,10,11,12). The Balaban J connectivity index is 2.04.